The van der Waals surface area contributed by atoms with Crippen LogP contribution in [0.15, 0.2) is 0 Å². The molecule has 0 aliphatic carbocycles. The summed E-state index contributed by atoms with van der Waals surface area (Å²) in [6.45, 7) is 6.27. The van der Waals surface area contributed by atoms with Crippen molar-refractivity contribution in [1.29, 1.82) is 0 Å². The van der Waals surface area contributed by atoms with Crippen molar-refractivity contribution in [2.45, 2.75) is 44.0 Å². The third-order valence-corrected chi connectivity index (χ3v) is 2.09. The van der Waals surface area contributed by atoms with E-state index < -0.39 is 0 Å². The molecule has 64 valence electrons. The van der Waals surface area contributed by atoms with E-state index in [0.717, 1.165) is 3.92 Å². The minimum absolute atomic E-state index is 0.865. The maximum atomic E-state index is 2.76. The number of rotatable bonds is 4. The molecular weight excluding hydrogens is 254 g/mol. The fraction of sp³-hybridized carbons (Fsp3) is 1.00. The lowest BCUT2D eigenvalue weighted by Gasteiger charge is -1.99. The Morgan fingerprint density at radius 1 is 1.30 bits per heavy atom. The molecule has 0 heterocycles. The van der Waals surface area contributed by atoms with Gasteiger partial charge in [0.1, 0.15) is 0 Å². The second-order valence-corrected chi connectivity index (χ2v) is 4.77. The molecule has 2 atom stereocenters. The zero-order valence-electron chi connectivity index (χ0n) is 7.36. The van der Waals surface area contributed by atoms with Crippen LogP contribution in [0.5, 0.6) is 0 Å². The van der Waals surface area contributed by atoms with Crippen molar-refractivity contribution in [2.24, 2.45) is 0 Å². The van der Waals surface area contributed by atoms with E-state index in [1.54, 1.807) is 0 Å². The number of hydrogen-bond donors (Lipinski definition) is 0. The summed E-state index contributed by atoms with van der Waals surface area (Å²) in [6.07, 6.45) is 5.42. The highest BCUT2D eigenvalue weighted by Crippen LogP contribution is 2.09. The van der Waals surface area contributed by atoms with Gasteiger partial charge in [0.15, 0.2) is 0 Å². The maximum absolute atomic E-state index is 2.76. The van der Waals surface area contributed by atoms with Crippen LogP contribution < -0.4 is 0 Å². The van der Waals surface area contributed by atoms with Gasteiger partial charge in [-0.15, -0.1) is 9.24 Å². The predicted octanol–water partition coefficient (Wildman–Crippen LogP) is 3.88. The molecule has 0 nitrogen and oxygen atoms in total. The van der Waals surface area contributed by atoms with E-state index in [1.807, 2.05) is 13.8 Å². The Labute approximate surface area is 81.9 Å². The van der Waals surface area contributed by atoms with Crippen molar-refractivity contribution in [3.63, 3.8) is 0 Å². The third kappa shape index (κ3) is 16.1. The Hall–Kier alpha value is 1.16. The Morgan fingerprint density at radius 3 is 2.10 bits per heavy atom. The van der Waals surface area contributed by atoms with E-state index in [0.29, 0.717) is 0 Å². The molecule has 0 N–H and O–H groups in total. The highest BCUT2D eigenvalue weighted by atomic mass is 127. The van der Waals surface area contributed by atoms with Gasteiger partial charge in [-0.1, -0.05) is 49.8 Å². The molecule has 0 bridgehead atoms. The van der Waals surface area contributed by atoms with Crippen molar-refractivity contribution in [3.8, 4) is 0 Å². The third-order valence-electron chi connectivity index (χ3n) is 1.06. The lowest BCUT2D eigenvalue weighted by Crippen LogP contribution is -1.88. The van der Waals surface area contributed by atoms with Gasteiger partial charge >= 0.3 is 0 Å². The van der Waals surface area contributed by atoms with Gasteiger partial charge in [0.25, 0.3) is 0 Å². The Balaban J connectivity index is 0. The molecule has 0 saturated carbocycles. The molecule has 0 spiro atoms. The summed E-state index contributed by atoms with van der Waals surface area (Å²) in [5.41, 5.74) is 0. The van der Waals surface area contributed by atoms with Crippen LogP contribution in [-0.2, 0) is 0 Å². The lowest BCUT2D eigenvalue weighted by molar-refractivity contribution is 0.731. The second-order valence-electron chi connectivity index (χ2n) is 2.07. The molecule has 0 rings (SSSR count). The van der Waals surface area contributed by atoms with Crippen molar-refractivity contribution in [2.75, 3.05) is 6.16 Å². The summed E-state index contributed by atoms with van der Waals surface area (Å²) in [7, 11) is 2.76. The molecule has 10 heavy (non-hydrogen) atoms. The summed E-state index contributed by atoms with van der Waals surface area (Å²) in [5.74, 6) is 0. The Morgan fingerprint density at radius 2 is 1.80 bits per heavy atom. The average Bonchev–Trinajstić information content (AvgIpc) is 1.92. The molecule has 0 aromatic rings. The number of alkyl halides is 1. The molecule has 2 heteroatoms. The minimum atomic E-state index is 0.865. The highest BCUT2D eigenvalue weighted by Gasteiger charge is 1.92. The van der Waals surface area contributed by atoms with Crippen LogP contribution in [-0.4, -0.2) is 10.1 Å². The van der Waals surface area contributed by atoms with Crippen molar-refractivity contribution in [3.05, 3.63) is 0 Å². The molecule has 0 aromatic heterocycles. The summed E-state index contributed by atoms with van der Waals surface area (Å²) in [5, 5.41) is 0. The zero-order chi connectivity index (χ0) is 8.41. The Kier molecular flexibility index (Phi) is 17.6. The van der Waals surface area contributed by atoms with E-state index in [-0.39, 0.29) is 0 Å². The summed E-state index contributed by atoms with van der Waals surface area (Å²) in [6, 6.07) is 0. The van der Waals surface area contributed by atoms with Gasteiger partial charge in [-0.3, -0.25) is 0 Å². The molecule has 0 radical (unpaired) electrons. The van der Waals surface area contributed by atoms with E-state index in [9.17, 15) is 0 Å². The van der Waals surface area contributed by atoms with Crippen LogP contribution in [0.2, 0.25) is 0 Å². The normalized spacial score (nSPS) is 11.7. The first-order valence-corrected chi connectivity index (χ1v) is 6.17. The van der Waals surface area contributed by atoms with Crippen LogP contribution in [0, 0.1) is 0 Å². The summed E-state index contributed by atoms with van der Waals surface area (Å²) < 4.78 is 0.865. The lowest BCUT2D eigenvalue weighted by atomic mass is 10.2. The van der Waals surface area contributed by atoms with Crippen LogP contribution in [0.3, 0.4) is 0 Å². The zero-order valence-corrected chi connectivity index (χ0v) is 10.7. The molecule has 0 aliphatic rings. The maximum Gasteiger partial charge on any atom is 0.00813 e. The monoisotopic (exact) mass is 274 g/mol. The predicted molar refractivity (Wildman–Crippen MR) is 63.3 cm³/mol. The first kappa shape index (κ1) is 13.7. The minimum Gasteiger partial charge on any atom is -0.138 e. The van der Waals surface area contributed by atoms with E-state index in [2.05, 4.69) is 38.8 Å². The Bertz CT molecular complexity index is 46.5. The largest absolute Gasteiger partial charge is 0.138 e. The smallest absolute Gasteiger partial charge is 0.00813 e. The van der Waals surface area contributed by atoms with Crippen LogP contribution >= 0.6 is 31.8 Å². The molecule has 0 saturated heterocycles. The van der Waals surface area contributed by atoms with Gasteiger partial charge in [-0.05, 0) is 19.0 Å². The van der Waals surface area contributed by atoms with Gasteiger partial charge in [-0.2, -0.15) is 0 Å². The van der Waals surface area contributed by atoms with Crippen molar-refractivity contribution < 1.29 is 0 Å². The molecule has 2 unspecified atom stereocenters. The van der Waals surface area contributed by atoms with E-state index in [4.69, 9.17) is 0 Å². The molecule has 0 amide bonds. The first-order valence-electron chi connectivity index (χ1n) is 4.11. The fourth-order valence-corrected chi connectivity index (χ4v) is 1.30. The first-order chi connectivity index (χ1) is 4.77. The molecule has 0 aromatic carbocycles. The second kappa shape index (κ2) is 12.8. The number of unbranched alkanes of at least 4 members (excludes halogenated alkanes) is 1. The van der Waals surface area contributed by atoms with Gasteiger partial charge in [0.2, 0.25) is 0 Å². The average molecular weight is 274 g/mol. The van der Waals surface area contributed by atoms with E-state index in [1.165, 1.54) is 25.4 Å². The van der Waals surface area contributed by atoms with Gasteiger partial charge in [0, 0.05) is 3.92 Å². The fourth-order valence-electron chi connectivity index (χ4n) is 0.570. The quantitative estimate of drug-likeness (QED) is 0.316. The number of halogens is 1. The van der Waals surface area contributed by atoms with Crippen LogP contribution in [0.4, 0.5) is 0 Å². The summed E-state index contributed by atoms with van der Waals surface area (Å²) >= 11 is 2.48. The molecular formula is C8H20IP. The van der Waals surface area contributed by atoms with Crippen molar-refractivity contribution >= 4 is 31.8 Å². The van der Waals surface area contributed by atoms with Crippen LogP contribution in [0.25, 0.3) is 0 Å². The SMILES string of the molecule is CC.CC(I)CCCCP. The van der Waals surface area contributed by atoms with Gasteiger partial charge in [0.05, 0.1) is 0 Å². The topological polar surface area (TPSA) is 0 Å². The van der Waals surface area contributed by atoms with Crippen LogP contribution in [0.1, 0.15) is 40.0 Å². The van der Waals surface area contributed by atoms with Crippen molar-refractivity contribution in [1.82, 2.24) is 0 Å². The molecule has 0 aliphatic heterocycles. The summed E-state index contributed by atoms with van der Waals surface area (Å²) in [4.78, 5) is 0. The highest BCUT2D eigenvalue weighted by molar-refractivity contribution is 14.1. The number of hydrogen-bond acceptors (Lipinski definition) is 0. The van der Waals surface area contributed by atoms with E-state index >= 15 is 0 Å². The van der Waals surface area contributed by atoms with Gasteiger partial charge < -0.3 is 0 Å². The standard InChI is InChI=1S/C6H14IP.C2H6/c1-6(7)4-2-3-5-8;1-2/h6H,2-5,8H2,1H3;1-2H3. The molecule has 0 fully saturated rings. The van der Waals surface area contributed by atoms with Gasteiger partial charge in [-0.25, -0.2) is 0 Å².